The van der Waals surface area contributed by atoms with Crippen LogP contribution in [0.2, 0.25) is 0 Å². The number of fused-ring (bicyclic) bond motifs is 5. The maximum Gasteiger partial charge on any atom is 0.329 e. The number of methoxy groups -OCH3 is 2. The van der Waals surface area contributed by atoms with E-state index in [2.05, 4.69) is 5.32 Å². The number of amides is 3. The molecule has 2 bridgehead atoms. The number of carbonyl (C=O) groups is 4. The zero-order valence-electron chi connectivity index (χ0n) is 17.5. The van der Waals surface area contributed by atoms with Crippen molar-refractivity contribution in [3.8, 4) is 11.5 Å². The second kappa shape index (κ2) is 8.05. The zero-order valence-corrected chi connectivity index (χ0v) is 17.5. The molecule has 3 amide bonds. The third-order valence-electron chi connectivity index (χ3n) is 6.26. The molecule has 2 aliphatic carbocycles. The lowest BCUT2D eigenvalue weighted by atomic mass is 9.85. The Kier molecular flexibility index (Phi) is 5.43. The van der Waals surface area contributed by atoms with Crippen LogP contribution in [0.3, 0.4) is 0 Å². The van der Waals surface area contributed by atoms with Gasteiger partial charge in [-0.1, -0.05) is 12.2 Å². The Morgan fingerprint density at radius 3 is 2.32 bits per heavy atom. The number of hydrogen-bond acceptors (Lipinski definition) is 7. The summed E-state index contributed by atoms with van der Waals surface area (Å²) in [5.74, 6) is -1.79. The SMILES string of the molecule is COc1ccc(OC)c(NC(=O)COC(=O)[C@@H](C)N2C(=O)[C@@H]3[C@H](C2=O)[C@H]2C=C[C@H]3C2)c1. The molecular formula is C22H24N2O7. The van der Waals surface area contributed by atoms with E-state index in [0.29, 0.717) is 17.2 Å². The monoisotopic (exact) mass is 428 g/mol. The summed E-state index contributed by atoms with van der Waals surface area (Å²) in [6.07, 6.45) is 4.79. The van der Waals surface area contributed by atoms with E-state index >= 15 is 0 Å². The molecule has 0 unspecified atom stereocenters. The zero-order chi connectivity index (χ0) is 22.3. The van der Waals surface area contributed by atoms with Gasteiger partial charge in [-0.3, -0.25) is 19.3 Å². The van der Waals surface area contributed by atoms with E-state index in [9.17, 15) is 19.2 Å². The smallest absolute Gasteiger partial charge is 0.329 e. The Morgan fingerprint density at radius 1 is 1.10 bits per heavy atom. The van der Waals surface area contributed by atoms with Gasteiger partial charge in [-0.15, -0.1) is 0 Å². The number of ether oxygens (including phenoxy) is 3. The molecule has 1 N–H and O–H groups in total. The lowest BCUT2D eigenvalue weighted by Crippen LogP contribution is -2.45. The number of hydrogen-bond donors (Lipinski definition) is 1. The Balaban J connectivity index is 1.35. The molecule has 1 aromatic carbocycles. The summed E-state index contributed by atoms with van der Waals surface area (Å²) in [4.78, 5) is 51.4. The number of anilines is 1. The maximum atomic E-state index is 12.8. The van der Waals surface area contributed by atoms with Gasteiger partial charge in [0.15, 0.2) is 6.61 Å². The molecule has 1 saturated heterocycles. The number of carbonyl (C=O) groups excluding carboxylic acids is 4. The van der Waals surface area contributed by atoms with Gasteiger partial charge < -0.3 is 19.5 Å². The van der Waals surface area contributed by atoms with Crippen LogP contribution >= 0.6 is 0 Å². The van der Waals surface area contributed by atoms with E-state index in [4.69, 9.17) is 14.2 Å². The number of benzene rings is 1. The highest BCUT2D eigenvalue weighted by atomic mass is 16.5. The first-order valence-corrected chi connectivity index (χ1v) is 10.1. The number of nitrogens with zero attached hydrogens (tertiary/aromatic N) is 1. The second-order valence-electron chi connectivity index (χ2n) is 7.94. The molecule has 2 fully saturated rings. The average Bonchev–Trinajstić information content (AvgIpc) is 3.45. The molecule has 9 nitrogen and oxygen atoms in total. The van der Waals surface area contributed by atoms with Crippen LogP contribution in [0.25, 0.3) is 0 Å². The van der Waals surface area contributed by atoms with Gasteiger partial charge >= 0.3 is 5.97 Å². The average molecular weight is 428 g/mol. The Morgan fingerprint density at radius 2 is 1.74 bits per heavy atom. The van der Waals surface area contributed by atoms with Crippen LogP contribution in [0, 0.1) is 23.7 Å². The van der Waals surface area contributed by atoms with Crippen LogP contribution in [0.4, 0.5) is 5.69 Å². The number of likely N-dealkylation sites (tertiary alicyclic amines) is 1. The van der Waals surface area contributed by atoms with E-state index in [0.717, 1.165) is 11.3 Å². The molecule has 1 heterocycles. The number of imide groups is 1. The molecule has 0 aromatic heterocycles. The largest absolute Gasteiger partial charge is 0.497 e. The summed E-state index contributed by atoms with van der Waals surface area (Å²) in [7, 11) is 2.95. The molecule has 1 aromatic rings. The van der Waals surface area contributed by atoms with Crippen LogP contribution in [-0.4, -0.2) is 55.5 Å². The summed E-state index contributed by atoms with van der Waals surface area (Å²) in [5, 5.41) is 2.59. The minimum atomic E-state index is -1.09. The fraction of sp³-hybridized carbons (Fsp3) is 0.455. The molecule has 5 atom stereocenters. The molecule has 0 radical (unpaired) electrons. The third kappa shape index (κ3) is 3.54. The Hall–Kier alpha value is -3.36. The summed E-state index contributed by atoms with van der Waals surface area (Å²) in [6.45, 7) is 0.872. The molecule has 9 heteroatoms. The van der Waals surface area contributed by atoms with Crippen molar-refractivity contribution in [2.24, 2.45) is 23.7 Å². The predicted octanol–water partition coefficient (Wildman–Crippen LogP) is 1.38. The standard InChI is InChI=1S/C22H24N2O7/c1-11(24-20(26)18-12-4-5-13(8-12)19(18)21(24)27)22(28)31-10-17(25)23-15-9-14(29-2)6-7-16(15)30-3/h4-7,9,11-13,18-19H,8,10H2,1-3H3,(H,23,25)/t11-,12+,13+,18-,19+/m1/s1. The van der Waals surface area contributed by atoms with E-state index < -0.39 is 24.5 Å². The fourth-order valence-electron chi connectivity index (χ4n) is 4.77. The molecule has 1 saturated carbocycles. The normalized spacial score (nSPS) is 26.6. The van der Waals surface area contributed by atoms with E-state index in [-0.39, 0.29) is 35.5 Å². The minimum absolute atomic E-state index is 0.0586. The van der Waals surface area contributed by atoms with Gasteiger partial charge in [0.2, 0.25) is 11.8 Å². The summed E-state index contributed by atoms with van der Waals surface area (Å²) >= 11 is 0. The highest BCUT2D eigenvalue weighted by molar-refractivity contribution is 6.09. The molecule has 3 aliphatic rings. The van der Waals surface area contributed by atoms with Gasteiger partial charge in [0.05, 0.1) is 31.7 Å². The molecule has 1 aliphatic heterocycles. The number of allylic oxidation sites excluding steroid dienone is 2. The summed E-state index contributed by atoms with van der Waals surface area (Å²) in [6, 6.07) is 3.79. The van der Waals surface area contributed by atoms with Gasteiger partial charge in [-0.05, 0) is 37.3 Å². The second-order valence-corrected chi connectivity index (χ2v) is 7.94. The highest BCUT2D eigenvalue weighted by Crippen LogP contribution is 2.52. The van der Waals surface area contributed by atoms with Crippen molar-refractivity contribution in [2.75, 3.05) is 26.1 Å². The van der Waals surface area contributed by atoms with Crippen LogP contribution in [0.15, 0.2) is 30.4 Å². The first-order valence-electron chi connectivity index (χ1n) is 10.1. The quantitative estimate of drug-likeness (QED) is 0.397. The van der Waals surface area contributed by atoms with Gasteiger partial charge in [-0.2, -0.15) is 0 Å². The molecule has 0 spiro atoms. The van der Waals surface area contributed by atoms with Crippen molar-refractivity contribution in [2.45, 2.75) is 19.4 Å². The Bertz CT molecular complexity index is 943. The van der Waals surface area contributed by atoms with E-state index in [1.807, 2.05) is 12.2 Å². The van der Waals surface area contributed by atoms with Crippen LogP contribution < -0.4 is 14.8 Å². The lowest BCUT2D eigenvalue weighted by molar-refractivity contribution is -0.159. The van der Waals surface area contributed by atoms with Crippen molar-refractivity contribution in [1.29, 1.82) is 0 Å². The van der Waals surface area contributed by atoms with Gasteiger partial charge in [0, 0.05) is 6.07 Å². The van der Waals surface area contributed by atoms with Crippen molar-refractivity contribution in [1.82, 2.24) is 4.90 Å². The van der Waals surface area contributed by atoms with Crippen molar-refractivity contribution in [3.05, 3.63) is 30.4 Å². The molecule has 164 valence electrons. The van der Waals surface area contributed by atoms with Crippen molar-refractivity contribution in [3.63, 3.8) is 0 Å². The van der Waals surface area contributed by atoms with Crippen molar-refractivity contribution >= 4 is 29.4 Å². The fourth-order valence-corrected chi connectivity index (χ4v) is 4.77. The minimum Gasteiger partial charge on any atom is -0.497 e. The number of esters is 1. The molecular weight excluding hydrogens is 404 g/mol. The first kappa shape index (κ1) is 20.9. The van der Waals surface area contributed by atoms with Crippen LogP contribution in [-0.2, 0) is 23.9 Å². The Labute approximate surface area is 179 Å². The molecule has 4 rings (SSSR count). The van der Waals surface area contributed by atoms with Gasteiger partial charge in [0.25, 0.3) is 5.91 Å². The van der Waals surface area contributed by atoms with E-state index in [1.165, 1.54) is 21.1 Å². The topological polar surface area (TPSA) is 111 Å². The first-order chi connectivity index (χ1) is 14.8. The number of rotatable bonds is 7. The van der Waals surface area contributed by atoms with Gasteiger partial charge in [-0.25, -0.2) is 4.79 Å². The number of nitrogens with one attached hydrogen (secondary N) is 1. The summed E-state index contributed by atoms with van der Waals surface area (Å²) in [5.41, 5.74) is 0.358. The van der Waals surface area contributed by atoms with Crippen LogP contribution in [0.5, 0.6) is 11.5 Å². The summed E-state index contributed by atoms with van der Waals surface area (Å²) < 4.78 is 15.4. The maximum absolute atomic E-state index is 12.8. The van der Waals surface area contributed by atoms with Gasteiger partial charge in [0.1, 0.15) is 17.5 Å². The highest BCUT2D eigenvalue weighted by Gasteiger charge is 2.60. The predicted molar refractivity (Wildman–Crippen MR) is 108 cm³/mol. The molecule has 31 heavy (non-hydrogen) atoms. The third-order valence-corrected chi connectivity index (χ3v) is 6.26. The lowest BCUT2D eigenvalue weighted by Gasteiger charge is -2.23. The van der Waals surface area contributed by atoms with E-state index in [1.54, 1.807) is 18.2 Å². The van der Waals surface area contributed by atoms with Crippen LogP contribution in [0.1, 0.15) is 13.3 Å². The van der Waals surface area contributed by atoms with Crippen molar-refractivity contribution < 1.29 is 33.4 Å².